The number of aliphatic hydroxyl groups is 1. The first-order valence-corrected chi connectivity index (χ1v) is 5.09. The Morgan fingerprint density at radius 3 is 2.29 bits per heavy atom. The fourth-order valence-corrected chi connectivity index (χ4v) is 1.35. The van der Waals surface area contributed by atoms with Crippen molar-refractivity contribution >= 4 is 0 Å². The summed E-state index contributed by atoms with van der Waals surface area (Å²) >= 11 is 0. The highest BCUT2D eigenvalue weighted by Crippen LogP contribution is 2.15. The lowest BCUT2D eigenvalue weighted by Gasteiger charge is -2.16. The minimum atomic E-state index is -0.287. The highest BCUT2D eigenvalue weighted by Gasteiger charge is 2.12. The van der Waals surface area contributed by atoms with Crippen LogP contribution >= 0.6 is 0 Å². The summed E-state index contributed by atoms with van der Waals surface area (Å²) in [6, 6.07) is 7.00. The second-order valence-corrected chi connectivity index (χ2v) is 3.82. The van der Waals surface area contributed by atoms with E-state index < -0.39 is 0 Å². The summed E-state index contributed by atoms with van der Waals surface area (Å²) < 4.78 is 0. The number of rotatable bonds is 4. The number of hydrogen-bond acceptors (Lipinski definition) is 2. The smallest absolute Gasteiger partial charge is 0.115 e. The minimum absolute atomic E-state index is 0.270. The Morgan fingerprint density at radius 1 is 1.21 bits per heavy atom. The van der Waals surface area contributed by atoms with Crippen LogP contribution in [0.25, 0.3) is 0 Å². The van der Waals surface area contributed by atoms with Crippen LogP contribution < -0.4 is 0 Å². The highest BCUT2D eigenvalue weighted by molar-refractivity contribution is 5.26. The van der Waals surface area contributed by atoms with Crippen LogP contribution in [0.1, 0.15) is 25.8 Å². The molecule has 0 heterocycles. The monoisotopic (exact) mass is 194 g/mol. The van der Waals surface area contributed by atoms with Gasteiger partial charge >= 0.3 is 0 Å². The summed E-state index contributed by atoms with van der Waals surface area (Å²) in [6.07, 6.45) is 1.36. The topological polar surface area (TPSA) is 40.5 Å². The van der Waals surface area contributed by atoms with Crippen LogP contribution in [-0.2, 0) is 6.42 Å². The van der Waals surface area contributed by atoms with Crippen molar-refractivity contribution in [3.63, 3.8) is 0 Å². The van der Waals surface area contributed by atoms with E-state index in [1.165, 1.54) is 0 Å². The van der Waals surface area contributed by atoms with Gasteiger partial charge in [-0.3, -0.25) is 0 Å². The zero-order chi connectivity index (χ0) is 10.6. The fourth-order valence-electron chi connectivity index (χ4n) is 1.35. The molecule has 0 aliphatic rings. The minimum Gasteiger partial charge on any atom is -0.508 e. The van der Waals surface area contributed by atoms with Crippen LogP contribution in [0.5, 0.6) is 5.75 Å². The third-order valence-electron chi connectivity index (χ3n) is 2.68. The molecular formula is C12H18O2. The van der Waals surface area contributed by atoms with E-state index >= 15 is 0 Å². The van der Waals surface area contributed by atoms with Gasteiger partial charge in [0.1, 0.15) is 5.75 Å². The van der Waals surface area contributed by atoms with Gasteiger partial charge in [-0.1, -0.05) is 32.4 Å². The van der Waals surface area contributed by atoms with E-state index in [0.717, 1.165) is 12.0 Å². The van der Waals surface area contributed by atoms with E-state index in [1.807, 2.05) is 19.1 Å². The Kier molecular flexibility index (Phi) is 3.96. The molecule has 0 aromatic heterocycles. The van der Waals surface area contributed by atoms with Crippen molar-refractivity contribution in [2.45, 2.75) is 32.8 Å². The molecule has 2 atom stereocenters. The van der Waals surface area contributed by atoms with Gasteiger partial charge in [0.2, 0.25) is 0 Å². The standard InChI is InChI=1S/C12H18O2/c1-3-9(2)12(14)8-10-4-6-11(13)7-5-10/h4-7,9,12-14H,3,8H2,1-2H3. The molecule has 2 N–H and O–H groups in total. The first-order chi connectivity index (χ1) is 6.63. The van der Waals surface area contributed by atoms with Crippen molar-refractivity contribution < 1.29 is 10.2 Å². The second kappa shape index (κ2) is 5.01. The second-order valence-electron chi connectivity index (χ2n) is 3.82. The fraction of sp³-hybridized carbons (Fsp3) is 0.500. The first kappa shape index (κ1) is 11.1. The summed E-state index contributed by atoms with van der Waals surface area (Å²) in [6.45, 7) is 4.12. The molecule has 1 aromatic rings. The largest absolute Gasteiger partial charge is 0.508 e. The van der Waals surface area contributed by atoms with Gasteiger partial charge in [0, 0.05) is 0 Å². The van der Waals surface area contributed by atoms with Crippen LogP contribution in [0, 0.1) is 5.92 Å². The van der Waals surface area contributed by atoms with Gasteiger partial charge in [-0.2, -0.15) is 0 Å². The predicted octanol–water partition coefficient (Wildman–Crippen LogP) is 2.34. The zero-order valence-electron chi connectivity index (χ0n) is 8.77. The number of phenols is 1. The summed E-state index contributed by atoms with van der Waals surface area (Å²) in [4.78, 5) is 0. The summed E-state index contributed by atoms with van der Waals surface area (Å²) in [7, 11) is 0. The molecule has 0 aliphatic heterocycles. The van der Waals surface area contributed by atoms with Gasteiger partial charge in [-0.05, 0) is 30.0 Å². The molecule has 0 fully saturated rings. The highest BCUT2D eigenvalue weighted by atomic mass is 16.3. The number of aliphatic hydroxyl groups excluding tert-OH is 1. The molecule has 0 aliphatic carbocycles. The molecule has 0 amide bonds. The van der Waals surface area contributed by atoms with E-state index in [2.05, 4.69) is 6.92 Å². The maximum atomic E-state index is 9.78. The predicted molar refractivity (Wildman–Crippen MR) is 57.3 cm³/mol. The van der Waals surface area contributed by atoms with Crippen molar-refractivity contribution in [2.24, 2.45) is 5.92 Å². The lowest BCUT2D eigenvalue weighted by molar-refractivity contribution is 0.115. The van der Waals surface area contributed by atoms with Crippen LogP contribution in [0.2, 0.25) is 0 Å². The number of aromatic hydroxyl groups is 1. The van der Waals surface area contributed by atoms with Gasteiger partial charge in [0.15, 0.2) is 0 Å². The summed E-state index contributed by atoms with van der Waals surface area (Å²) in [5, 5.41) is 18.9. The lowest BCUT2D eigenvalue weighted by Crippen LogP contribution is -2.19. The molecule has 0 saturated heterocycles. The third kappa shape index (κ3) is 3.04. The summed E-state index contributed by atoms with van der Waals surface area (Å²) in [5.41, 5.74) is 1.07. The third-order valence-corrected chi connectivity index (χ3v) is 2.68. The molecule has 0 radical (unpaired) electrons. The number of hydrogen-bond donors (Lipinski definition) is 2. The van der Waals surface area contributed by atoms with Gasteiger partial charge in [0.05, 0.1) is 6.10 Å². The van der Waals surface area contributed by atoms with Crippen LogP contribution in [-0.4, -0.2) is 16.3 Å². The Balaban J connectivity index is 2.56. The van der Waals surface area contributed by atoms with E-state index in [1.54, 1.807) is 12.1 Å². The Hall–Kier alpha value is -1.02. The van der Waals surface area contributed by atoms with Crippen LogP contribution in [0.4, 0.5) is 0 Å². The Bertz CT molecular complexity index is 266. The maximum Gasteiger partial charge on any atom is 0.115 e. The molecule has 78 valence electrons. The van der Waals surface area contributed by atoms with E-state index in [-0.39, 0.29) is 11.9 Å². The molecular weight excluding hydrogens is 176 g/mol. The molecule has 2 unspecified atom stereocenters. The Labute approximate surface area is 85.2 Å². The lowest BCUT2D eigenvalue weighted by atomic mass is 9.96. The van der Waals surface area contributed by atoms with Crippen LogP contribution in [0.15, 0.2) is 24.3 Å². The SMILES string of the molecule is CCC(C)C(O)Cc1ccc(O)cc1. The molecule has 0 saturated carbocycles. The maximum absolute atomic E-state index is 9.78. The quantitative estimate of drug-likeness (QED) is 0.772. The van der Waals surface area contributed by atoms with Crippen molar-refractivity contribution in [1.29, 1.82) is 0 Å². The zero-order valence-corrected chi connectivity index (χ0v) is 8.77. The van der Waals surface area contributed by atoms with E-state index in [9.17, 15) is 5.11 Å². The van der Waals surface area contributed by atoms with Crippen molar-refractivity contribution in [3.8, 4) is 5.75 Å². The molecule has 1 aromatic carbocycles. The van der Waals surface area contributed by atoms with E-state index in [0.29, 0.717) is 12.3 Å². The Morgan fingerprint density at radius 2 is 1.79 bits per heavy atom. The van der Waals surface area contributed by atoms with Crippen LogP contribution in [0.3, 0.4) is 0 Å². The molecule has 0 spiro atoms. The molecule has 2 nitrogen and oxygen atoms in total. The average Bonchev–Trinajstić information content (AvgIpc) is 2.20. The average molecular weight is 194 g/mol. The summed E-state index contributed by atoms with van der Waals surface area (Å²) in [5.74, 6) is 0.593. The first-order valence-electron chi connectivity index (χ1n) is 5.09. The molecule has 2 heteroatoms. The van der Waals surface area contributed by atoms with Gasteiger partial charge < -0.3 is 10.2 Å². The van der Waals surface area contributed by atoms with Crippen molar-refractivity contribution in [3.05, 3.63) is 29.8 Å². The van der Waals surface area contributed by atoms with Gasteiger partial charge in [-0.15, -0.1) is 0 Å². The normalized spacial score (nSPS) is 15.1. The molecule has 1 rings (SSSR count). The number of phenolic OH excluding ortho intramolecular Hbond substituents is 1. The number of benzene rings is 1. The van der Waals surface area contributed by atoms with E-state index in [4.69, 9.17) is 5.11 Å². The van der Waals surface area contributed by atoms with Crippen molar-refractivity contribution in [2.75, 3.05) is 0 Å². The van der Waals surface area contributed by atoms with Crippen molar-refractivity contribution in [1.82, 2.24) is 0 Å². The molecule has 14 heavy (non-hydrogen) atoms. The molecule has 0 bridgehead atoms. The van der Waals surface area contributed by atoms with Gasteiger partial charge in [0.25, 0.3) is 0 Å². The van der Waals surface area contributed by atoms with Gasteiger partial charge in [-0.25, -0.2) is 0 Å².